The fourth-order valence-corrected chi connectivity index (χ4v) is 3.43. The second-order valence-electron chi connectivity index (χ2n) is 6.36. The molecule has 1 unspecified atom stereocenters. The molecule has 0 amide bonds. The number of unbranched alkanes of at least 4 members (excludes halogenated alkanes) is 1. The largest absolute Gasteiger partial charge is 0.382 e. The maximum Gasteiger partial charge on any atom is 0.193 e. The van der Waals surface area contributed by atoms with Gasteiger partial charge in [-0.05, 0) is 31.1 Å². The quantitative estimate of drug-likeness (QED) is 0.225. The van der Waals surface area contributed by atoms with E-state index in [2.05, 4.69) is 29.1 Å². The molecule has 1 heterocycles. The fourth-order valence-electron chi connectivity index (χ4n) is 3.43. The Hall–Kier alpha value is -0.0800. The number of nitrogens with zero attached hydrogens (tertiary/aromatic N) is 2. The molecule has 0 radical (unpaired) electrons. The number of ether oxygens (including phenoxy) is 2. The molecule has 0 aromatic carbocycles. The summed E-state index contributed by atoms with van der Waals surface area (Å²) in [6, 6.07) is 0. The zero-order chi connectivity index (χ0) is 16.9. The minimum absolute atomic E-state index is 0. The first-order valence-electron chi connectivity index (χ1n) is 9.29. The summed E-state index contributed by atoms with van der Waals surface area (Å²) >= 11 is 0. The van der Waals surface area contributed by atoms with Gasteiger partial charge in [0, 0.05) is 40.4 Å². The SMILES string of the molecule is CCC(CC)C1CCN(C(=NC)NCCCCOCCOC)C1.I. The molecule has 1 N–H and O–H groups in total. The van der Waals surface area contributed by atoms with E-state index in [-0.39, 0.29) is 24.0 Å². The molecule has 144 valence electrons. The van der Waals surface area contributed by atoms with Crippen LogP contribution in [0.3, 0.4) is 0 Å². The summed E-state index contributed by atoms with van der Waals surface area (Å²) in [4.78, 5) is 6.89. The van der Waals surface area contributed by atoms with Crippen molar-refractivity contribution in [3.63, 3.8) is 0 Å². The second-order valence-corrected chi connectivity index (χ2v) is 6.36. The van der Waals surface area contributed by atoms with Crippen LogP contribution in [-0.4, -0.2) is 64.5 Å². The number of likely N-dealkylation sites (tertiary alicyclic amines) is 1. The van der Waals surface area contributed by atoms with Crippen LogP contribution in [0.2, 0.25) is 0 Å². The molecule has 0 bridgehead atoms. The predicted octanol–water partition coefficient (Wildman–Crippen LogP) is 3.38. The first kappa shape index (κ1) is 23.9. The first-order valence-corrected chi connectivity index (χ1v) is 9.29. The van der Waals surface area contributed by atoms with Crippen LogP contribution in [0.25, 0.3) is 0 Å². The average Bonchev–Trinajstić information content (AvgIpc) is 3.04. The van der Waals surface area contributed by atoms with Crippen molar-refractivity contribution in [2.24, 2.45) is 16.8 Å². The van der Waals surface area contributed by atoms with Crippen molar-refractivity contribution in [1.82, 2.24) is 10.2 Å². The van der Waals surface area contributed by atoms with Crippen molar-refractivity contribution in [3.05, 3.63) is 0 Å². The maximum atomic E-state index is 5.48. The number of nitrogens with one attached hydrogen (secondary N) is 1. The lowest BCUT2D eigenvalue weighted by Gasteiger charge is -2.24. The minimum atomic E-state index is 0. The molecule has 1 aliphatic heterocycles. The van der Waals surface area contributed by atoms with Crippen LogP contribution < -0.4 is 5.32 Å². The summed E-state index contributed by atoms with van der Waals surface area (Å²) < 4.78 is 10.4. The van der Waals surface area contributed by atoms with E-state index in [0.717, 1.165) is 56.9 Å². The van der Waals surface area contributed by atoms with E-state index in [0.29, 0.717) is 13.2 Å². The van der Waals surface area contributed by atoms with Gasteiger partial charge in [-0.1, -0.05) is 26.7 Å². The number of methoxy groups -OCH3 is 1. The number of rotatable bonds is 11. The Morgan fingerprint density at radius 2 is 1.96 bits per heavy atom. The molecule has 1 rings (SSSR count). The second kappa shape index (κ2) is 15.2. The number of halogens is 1. The fraction of sp³-hybridized carbons (Fsp3) is 0.944. The highest BCUT2D eigenvalue weighted by molar-refractivity contribution is 14.0. The Morgan fingerprint density at radius 1 is 1.21 bits per heavy atom. The van der Waals surface area contributed by atoms with Gasteiger partial charge in [-0.25, -0.2) is 0 Å². The molecular formula is C18H38IN3O2. The van der Waals surface area contributed by atoms with E-state index in [9.17, 15) is 0 Å². The summed E-state index contributed by atoms with van der Waals surface area (Å²) in [6.07, 6.45) is 6.08. The summed E-state index contributed by atoms with van der Waals surface area (Å²) in [5, 5.41) is 3.50. The third kappa shape index (κ3) is 8.85. The molecule has 6 heteroatoms. The Morgan fingerprint density at radius 3 is 2.58 bits per heavy atom. The molecule has 24 heavy (non-hydrogen) atoms. The van der Waals surface area contributed by atoms with Crippen molar-refractivity contribution in [2.45, 2.75) is 46.0 Å². The molecule has 0 aromatic heterocycles. The van der Waals surface area contributed by atoms with Crippen molar-refractivity contribution in [3.8, 4) is 0 Å². The minimum Gasteiger partial charge on any atom is -0.382 e. The smallest absolute Gasteiger partial charge is 0.193 e. The van der Waals surface area contributed by atoms with Crippen LogP contribution in [0.5, 0.6) is 0 Å². The van der Waals surface area contributed by atoms with Gasteiger partial charge in [0.25, 0.3) is 0 Å². The lowest BCUT2D eigenvalue weighted by molar-refractivity contribution is 0.0689. The Balaban J connectivity index is 0.00000529. The Kier molecular flexibility index (Phi) is 15.1. The summed E-state index contributed by atoms with van der Waals surface area (Å²) in [5.74, 6) is 2.76. The summed E-state index contributed by atoms with van der Waals surface area (Å²) in [6.45, 7) is 10.1. The molecule has 1 saturated heterocycles. The highest BCUT2D eigenvalue weighted by Gasteiger charge is 2.29. The third-order valence-corrected chi connectivity index (χ3v) is 4.88. The van der Waals surface area contributed by atoms with Crippen LogP contribution in [0.4, 0.5) is 0 Å². The molecule has 1 atom stereocenters. The molecule has 0 aliphatic carbocycles. The number of aliphatic imine (C=N–C) groups is 1. The first-order chi connectivity index (χ1) is 11.3. The monoisotopic (exact) mass is 455 g/mol. The lowest BCUT2D eigenvalue weighted by Crippen LogP contribution is -2.40. The maximum absolute atomic E-state index is 5.48. The predicted molar refractivity (Wildman–Crippen MR) is 112 cm³/mol. The highest BCUT2D eigenvalue weighted by atomic mass is 127. The average molecular weight is 455 g/mol. The zero-order valence-corrected chi connectivity index (χ0v) is 18.4. The highest BCUT2D eigenvalue weighted by Crippen LogP contribution is 2.28. The van der Waals surface area contributed by atoms with Crippen LogP contribution in [0.1, 0.15) is 46.0 Å². The van der Waals surface area contributed by atoms with Crippen molar-refractivity contribution >= 4 is 29.9 Å². The molecular weight excluding hydrogens is 417 g/mol. The Bertz CT molecular complexity index is 325. The van der Waals surface area contributed by atoms with Gasteiger partial charge < -0.3 is 19.7 Å². The van der Waals surface area contributed by atoms with E-state index in [4.69, 9.17) is 9.47 Å². The molecule has 5 nitrogen and oxygen atoms in total. The van der Waals surface area contributed by atoms with Crippen LogP contribution in [0, 0.1) is 11.8 Å². The molecule has 0 spiro atoms. The molecule has 1 fully saturated rings. The van der Waals surface area contributed by atoms with Gasteiger partial charge in [0.2, 0.25) is 0 Å². The van der Waals surface area contributed by atoms with E-state index in [1.54, 1.807) is 7.11 Å². The van der Waals surface area contributed by atoms with Crippen LogP contribution in [0.15, 0.2) is 4.99 Å². The normalized spacial score (nSPS) is 18.1. The van der Waals surface area contributed by atoms with Gasteiger partial charge >= 0.3 is 0 Å². The van der Waals surface area contributed by atoms with Gasteiger partial charge in [0.1, 0.15) is 0 Å². The van der Waals surface area contributed by atoms with E-state index >= 15 is 0 Å². The zero-order valence-electron chi connectivity index (χ0n) is 16.1. The van der Waals surface area contributed by atoms with Crippen LogP contribution in [-0.2, 0) is 9.47 Å². The van der Waals surface area contributed by atoms with Gasteiger partial charge in [0.15, 0.2) is 5.96 Å². The standard InChI is InChI=1S/C18H37N3O2.HI/c1-5-16(6-2)17-9-11-21(15-17)18(19-3)20-10-7-8-12-23-14-13-22-4;/h16-17H,5-15H2,1-4H3,(H,19,20);1H. The van der Waals surface area contributed by atoms with Crippen molar-refractivity contribution in [2.75, 3.05) is 53.6 Å². The van der Waals surface area contributed by atoms with E-state index in [1.165, 1.54) is 19.3 Å². The van der Waals surface area contributed by atoms with Gasteiger partial charge in [-0.15, -0.1) is 24.0 Å². The van der Waals surface area contributed by atoms with Gasteiger partial charge in [-0.2, -0.15) is 0 Å². The van der Waals surface area contributed by atoms with Gasteiger partial charge in [-0.3, -0.25) is 4.99 Å². The topological polar surface area (TPSA) is 46.1 Å². The third-order valence-electron chi connectivity index (χ3n) is 4.88. The van der Waals surface area contributed by atoms with E-state index in [1.807, 2.05) is 7.05 Å². The van der Waals surface area contributed by atoms with Crippen molar-refractivity contribution in [1.29, 1.82) is 0 Å². The summed E-state index contributed by atoms with van der Waals surface area (Å²) in [7, 11) is 3.59. The summed E-state index contributed by atoms with van der Waals surface area (Å²) in [5.41, 5.74) is 0. The Labute approximate surface area is 166 Å². The molecule has 0 saturated carbocycles. The van der Waals surface area contributed by atoms with E-state index < -0.39 is 0 Å². The lowest BCUT2D eigenvalue weighted by atomic mass is 9.87. The number of hydrogen-bond acceptors (Lipinski definition) is 3. The number of hydrogen-bond donors (Lipinski definition) is 1. The van der Waals surface area contributed by atoms with Crippen molar-refractivity contribution < 1.29 is 9.47 Å². The molecule has 1 aliphatic rings. The molecule has 0 aromatic rings. The van der Waals surface area contributed by atoms with Gasteiger partial charge in [0.05, 0.1) is 13.2 Å². The van der Waals surface area contributed by atoms with Crippen LogP contribution >= 0.6 is 24.0 Å². The number of guanidine groups is 1.